The van der Waals surface area contributed by atoms with E-state index < -0.39 is 0 Å². The minimum atomic E-state index is -0.0116. The van der Waals surface area contributed by atoms with Crippen LogP contribution in [0.15, 0.2) is 42.7 Å². The molecule has 1 aromatic carbocycles. The van der Waals surface area contributed by atoms with Gasteiger partial charge in [-0.2, -0.15) is 5.10 Å². The Morgan fingerprint density at radius 2 is 2.27 bits per heavy atom. The monoisotopic (exact) mass is 298 g/mol. The Morgan fingerprint density at radius 1 is 1.36 bits per heavy atom. The summed E-state index contributed by atoms with van der Waals surface area (Å²) in [6.07, 6.45) is 6.99. The molecule has 1 unspecified atom stereocenters. The van der Waals surface area contributed by atoms with Gasteiger partial charge in [0.1, 0.15) is 0 Å². The molecule has 22 heavy (non-hydrogen) atoms. The predicted octanol–water partition coefficient (Wildman–Crippen LogP) is 3.28. The Labute approximate surface area is 130 Å². The summed E-state index contributed by atoms with van der Waals surface area (Å²) in [5, 5.41) is 7.28. The lowest BCUT2D eigenvalue weighted by Crippen LogP contribution is -2.47. The van der Waals surface area contributed by atoms with Crippen LogP contribution in [0.4, 0.5) is 10.5 Å². The number of carbonyl (C=O) groups is 1. The second-order valence-electron chi connectivity index (χ2n) is 5.87. The van der Waals surface area contributed by atoms with Gasteiger partial charge in [-0.1, -0.05) is 12.1 Å². The summed E-state index contributed by atoms with van der Waals surface area (Å²) >= 11 is 0. The highest BCUT2D eigenvalue weighted by molar-refractivity contribution is 5.89. The lowest BCUT2D eigenvalue weighted by atomic mass is 10.0. The standard InChI is InChI=1S/C17H22N4O/c1-14-6-4-7-15(12-14)19-17(22)21-11-3-2-8-16(21)13-20-10-5-9-18-20/h4-7,9-10,12,16H,2-3,8,11,13H2,1H3,(H,19,22). The zero-order valence-corrected chi connectivity index (χ0v) is 12.9. The summed E-state index contributed by atoms with van der Waals surface area (Å²) in [5.41, 5.74) is 2.00. The van der Waals surface area contributed by atoms with Crippen LogP contribution in [0.5, 0.6) is 0 Å². The van der Waals surface area contributed by atoms with Crippen LogP contribution >= 0.6 is 0 Å². The number of nitrogens with zero attached hydrogens (tertiary/aromatic N) is 3. The summed E-state index contributed by atoms with van der Waals surface area (Å²) in [4.78, 5) is 14.6. The Kier molecular flexibility index (Phi) is 4.42. The SMILES string of the molecule is Cc1cccc(NC(=O)N2CCCCC2Cn2cccn2)c1. The minimum absolute atomic E-state index is 0.0116. The number of likely N-dealkylation sites (tertiary alicyclic amines) is 1. The molecule has 1 fully saturated rings. The van der Waals surface area contributed by atoms with E-state index in [1.807, 2.05) is 53.0 Å². The van der Waals surface area contributed by atoms with E-state index in [9.17, 15) is 4.79 Å². The van der Waals surface area contributed by atoms with Crippen molar-refractivity contribution in [3.8, 4) is 0 Å². The Morgan fingerprint density at radius 3 is 3.05 bits per heavy atom. The van der Waals surface area contributed by atoms with Crippen LogP contribution in [0.1, 0.15) is 24.8 Å². The fraction of sp³-hybridized carbons (Fsp3) is 0.412. The number of rotatable bonds is 3. The molecule has 2 heterocycles. The quantitative estimate of drug-likeness (QED) is 0.945. The van der Waals surface area contributed by atoms with E-state index in [2.05, 4.69) is 10.4 Å². The predicted molar refractivity (Wildman–Crippen MR) is 86.8 cm³/mol. The molecular weight excluding hydrogens is 276 g/mol. The summed E-state index contributed by atoms with van der Waals surface area (Å²) in [7, 11) is 0. The van der Waals surface area contributed by atoms with Crippen molar-refractivity contribution < 1.29 is 4.79 Å². The number of carbonyl (C=O) groups excluding carboxylic acids is 1. The van der Waals surface area contributed by atoms with Gasteiger partial charge in [-0.3, -0.25) is 4.68 Å². The van der Waals surface area contributed by atoms with Crippen LogP contribution in [0, 0.1) is 6.92 Å². The maximum Gasteiger partial charge on any atom is 0.322 e. The van der Waals surface area contributed by atoms with Crippen molar-refractivity contribution in [3.05, 3.63) is 48.3 Å². The maximum absolute atomic E-state index is 12.6. The molecule has 1 N–H and O–H groups in total. The van der Waals surface area contributed by atoms with Crippen LogP contribution in [-0.4, -0.2) is 33.3 Å². The number of urea groups is 1. The van der Waals surface area contributed by atoms with Gasteiger partial charge in [0.05, 0.1) is 12.6 Å². The van der Waals surface area contributed by atoms with E-state index in [1.165, 1.54) is 6.42 Å². The number of hydrogen-bond donors (Lipinski definition) is 1. The van der Waals surface area contributed by atoms with Crippen molar-refractivity contribution in [1.29, 1.82) is 0 Å². The molecule has 5 nitrogen and oxygen atoms in total. The molecule has 2 aromatic rings. The third-order valence-corrected chi connectivity index (χ3v) is 4.11. The molecule has 0 saturated carbocycles. The number of anilines is 1. The third-order valence-electron chi connectivity index (χ3n) is 4.11. The van der Waals surface area contributed by atoms with Gasteiger partial charge >= 0.3 is 6.03 Å². The van der Waals surface area contributed by atoms with E-state index in [-0.39, 0.29) is 12.1 Å². The van der Waals surface area contributed by atoms with Crippen molar-refractivity contribution in [1.82, 2.24) is 14.7 Å². The van der Waals surface area contributed by atoms with Gasteiger partial charge < -0.3 is 10.2 Å². The van der Waals surface area contributed by atoms with Crippen LogP contribution < -0.4 is 5.32 Å². The number of aryl methyl sites for hydroxylation is 1. The Hall–Kier alpha value is -2.30. The second-order valence-corrected chi connectivity index (χ2v) is 5.87. The van der Waals surface area contributed by atoms with E-state index >= 15 is 0 Å². The topological polar surface area (TPSA) is 50.2 Å². The zero-order valence-electron chi connectivity index (χ0n) is 12.9. The normalized spacial score (nSPS) is 18.2. The molecule has 0 radical (unpaired) electrons. The number of piperidine rings is 1. The summed E-state index contributed by atoms with van der Waals surface area (Å²) in [6, 6.07) is 10.0. The minimum Gasteiger partial charge on any atom is -0.320 e. The number of hydrogen-bond acceptors (Lipinski definition) is 2. The molecule has 5 heteroatoms. The molecule has 3 rings (SSSR count). The summed E-state index contributed by atoms with van der Waals surface area (Å²) in [6.45, 7) is 3.59. The van der Waals surface area contributed by atoms with Gasteiger partial charge in [-0.15, -0.1) is 0 Å². The molecule has 1 saturated heterocycles. The first kappa shape index (κ1) is 14.6. The molecule has 1 aliphatic heterocycles. The van der Waals surface area contributed by atoms with E-state index in [0.717, 1.165) is 37.2 Å². The van der Waals surface area contributed by atoms with Gasteiger partial charge in [0, 0.05) is 24.6 Å². The number of benzene rings is 1. The Balaban J connectivity index is 1.68. The fourth-order valence-electron chi connectivity index (χ4n) is 3.00. The van der Waals surface area contributed by atoms with E-state index in [1.54, 1.807) is 6.20 Å². The third kappa shape index (κ3) is 3.47. The molecule has 1 atom stereocenters. The van der Waals surface area contributed by atoms with Gasteiger partial charge in [0.25, 0.3) is 0 Å². The molecule has 2 amide bonds. The van der Waals surface area contributed by atoms with Crippen LogP contribution in [0.25, 0.3) is 0 Å². The summed E-state index contributed by atoms with van der Waals surface area (Å²) < 4.78 is 1.91. The smallest absolute Gasteiger partial charge is 0.320 e. The van der Waals surface area contributed by atoms with Gasteiger partial charge in [0.2, 0.25) is 0 Å². The van der Waals surface area contributed by atoms with Crippen molar-refractivity contribution in [2.45, 2.75) is 38.8 Å². The number of nitrogens with one attached hydrogen (secondary N) is 1. The number of aromatic nitrogens is 2. The average molecular weight is 298 g/mol. The lowest BCUT2D eigenvalue weighted by Gasteiger charge is -2.35. The molecule has 1 aliphatic rings. The lowest BCUT2D eigenvalue weighted by molar-refractivity contribution is 0.150. The van der Waals surface area contributed by atoms with E-state index in [0.29, 0.717) is 0 Å². The highest BCUT2D eigenvalue weighted by Gasteiger charge is 2.27. The summed E-state index contributed by atoms with van der Waals surface area (Å²) in [5.74, 6) is 0. The molecule has 1 aromatic heterocycles. The van der Waals surface area contributed by atoms with Crippen molar-refractivity contribution in [3.63, 3.8) is 0 Å². The average Bonchev–Trinajstić information content (AvgIpc) is 3.01. The van der Waals surface area contributed by atoms with Crippen molar-refractivity contribution >= 4 is 11.7 Å². The fourth-order valence-corrected chi connectivity index (χ4v) is 3.00. The van der Waals surface area contributed by atoms with Gasteiger partial charge in [-0.25, -0.2) is 4.79 Å². The first-order valence-electron chi connectivity index (χ1n) is 7.84. The van der Waals surface area contributed by atoms with E-state index in [4.69, 9.17) is 0 Å². The largest absolute Gasteiger partial charge is 0.322 e. The van der Waals surface area contributed by atoms with Crippen LogP contribution in [0.3, 0.4) is 0 Å². The molecular formula is C17H22N4O. The molecule has 0 bridgehead atoms. The highest BCUT2D eigenvalue weighted by Crippen LogP contribution is 2.20. The first-order valence-corrected chi connectivity index (χ1v) is 7.84. The van der Waals surface area contributed by atoms with Crippen molar-refractivity contribution in [2.24, 2.45) is 0 Å². The Bertz CT molecular complexity index is 623. The first-order chi connectivity index (χ1) is 10.7. The maximum atomic E-state index is 12.6. The van der Waals surface area contributed by atoms with Gasteiger partial charge in [0.15, 0.2) is 0 Å². The van der Waals surface area contributed by atoms with Gasteiger partial charge in [-0.05, 0) is 49.9 Å². The molecule has 116 valence electrons. The number of amides is 2. The zero-order chi connectivity index (χ0) is 15.4. The van der Waals surface area contributed by atoms with Crippen LogP contribution in [0.2, 0.25) is 0 Å². The molecule has 0 aliphatic carbocycles. The highest BCUT2D eigenvalue weighted by atomic mass is 16.2. The second kappa shape index (κ2) is 6.64. The van der Waals surface area contributed by atoms with Crippen molar-refractivity contribution in [2.75, 3.05) is 11.9 Å². The van der Waals surface area contributed by atoms with Crippen LogP contribution in [-0.2, 0) is 6.54 Å². The molecule has 0 spiro atoms.